The fourth-order valence-corrected chi connectivity index (χ4v) is 2.71. The second-order valence-electron chi connectivity index (χ2n) is 5.79. The lowest BCUT2D eigenvalue weighted by Gasteiger charge is -2.18. The molecule has 1 N–H and O–H groups in total. The van der Waals surface area contributed by atoms with Gasteiger partial charge in [-0.2, -0.15) is 0 Å². The first-order valence-corrected chi connectivity index (χ1v) is 8.38. The summed E-state index contributed by atoms with van der Waals surface area (Å²) in [5.74, 6) is 0.965. The molecule has 0 bridgehead atoms. The molecule has 1 amide bonds. The Labute approximate surface area is 154 Å². The van der Waals surface area contributed by atoms with Gasteiger partial charge in [-0.3, -0.25) is 4.79 Å². The van der Waals surface area contributed by atoms with Crippen LogP contribution < -0.4 is 14.8 Å². The number of carbonyl (C=O) groups excluding carboxylic acids is 1. The van der Waals surface area contributed by atoms with E-state index in [0.717, 1.165) is 11.3 Å². The third-order valence-corrected chi connectivity index (χ3v) is 4.35. The van der Waals surface area contributed by atoms with Crippen LogP contribution in [-0.4, -0.2) is 34.1 Å². The number of halogens is 1. The van der Waals surface area contributed by atoms with Crippen molar-refractivity contribution in [3.05, 3.63) is 58.9 Å². The molecule has 8 heteroatoms. The molecule has 0 unspecified atom stereocenters. The summed E-state index contributed by atoms with van der Waals surface area (Å²) in [5, 5.41) is 11.3. The van der Waals surface area contributed by atoms with Crippen molar-refractivity contribution in [2.45, 2.75) is 6.92 Å². The number of nitrogens with one attached hydrogen (secondary N) is 1. The standard InChI is InChI=1S/C18H15ClN4O3/c1-11-2-3-12(8-14(11)19)20-18(24)15-10-23(22-21-15)13-4-5-16-17(9-13)26-7-6-25-16/h2-5,8-10H,6-7H2,1H3,(H,20,24). The molecule has 2 aromatic carbocycles. The molecule has 1 aliphatic heterocycles. The van der Waals surface area contributed by atoms with E-state index < -0.39 is 0 Å². The molecule has 26 heavy (non-hydrogen) atoms. The van der Waals surface area contributed by atoms with Crippen LogP contribution in [-0.2, 0) is 0 Å². The minimum absolute atomic E-state index is 0.191. The molecule has 0 saturated heterocycles. The summed E-state index contributed by atoms with van der Waals surface area (Å²) < 4.78 is 12.6. The highest BCUT2D eigenvalue weighted by Crippen LogP contribution is 2.31. The average molecular weight is 371 g/mol. The highest BCUT2D eigenvalue weighted by Gasteiger charge is 2.15. The molecule has 1 aromatic heterocycles. The predicted molar refractivity (Wildman–Crippen MR) is 96.5 cm³/mol. The summed E-state index contributed by atoms with van der Waals surface area (Å²) in [5.41, 5.74) is 2.45. The smallest absolute Gasteiger partial charge is 0.277 e. The van der Waals surface area contributed by atoms with Crippen LogP contribution in [0.4, 0.5) is 5.69 Å². The van der Waals surface area contributed by atoms with E-state index in [1.807, 2.05) is 19.1 Å². The number of ether oxygens (including phenoxy) is 2. The maximum atomic E-state index is 12.4. The number of benzene rings is 2. The molecule has 4 rings (SSSR count). The number of hydrogen-bond acceptors (Lipinski definition) is 5. The molecule has 3 aromatic rings. The molecule has 1 aliphatic rings. The van der Waals surface area contributed by atoms with E-state index in [2.05, 4.69) is 15.6 Å². The molecule has 0 spiro atoms. The monoisotopic (exact) mass is 370 g/mol. The lowest BCUT2D eigenvalue weighted by molar-refractivity contribution is 0.102. The van der Waals surface area contributed by atoms with Crippen molar-refractivity contribution in [2.24, 2.45) is 0 Å². The maximum Gasteiger partial charge on any atom is 0.277 e. The van der Waals surface area contributed by atoms with E-state index in [0.29, 0.717) is 35.4 Å². The van der Waals surface area contributed by atoms with Gasteiger partial charge >= 0.3 is 0 Å². The van der Waals surface area contributed by atoms with E-state index in [-0.39, 0.29) is 11.6 Å². The summed E-state index contributed by atoms with van der Waals surface area (Å²) in [6.07, 6.45) is 1.55. The van der Waals surface area contributed by atoms with E-state index in [1.54, 1.807) is 30.5 Å². The number of amides is 1. The van der Waals surface area contributed by atoms with Gasteiger partial charge in [-0.1, -0.05) is 22.9 Å². The molecule has 0 aliphatic carbocycles. The van der Waals surface area contributed by atoms with Gasteiger partial charge in [0, 0.05) is 16.8 Å². The zero-order valence-electron chi connectivity index (χ0n) is 13.9. The van der Waals surface area contributed by atoms with Gasteiger partial charge in [-0.05, 0) is 36.8 Å². The van der Waals surface area contributed by atoms with Crippen LogP contribution in [0.1, 0.15) is 16.1 Å². The summed E-state index contributed by atoms with van der Waals surface area (Å²) in [4.78, 5) is 12.4. The second-order valence-corrected chi connectivity index (χ2v) is 6.20. The summed E-state index contributed by atoms with van der Waals surface area (Å²) in [6.45, 7) is 2.93. The van der Waals surface area contributed by atoms with Crippen LogP contribution >= 0.6 is 11.6 Å². The average Bonchev–Trinajstić information content (AvgIpc) is 3.15. The van der Waals surface area contributed by atoms with Gasteiger partial charge < -0.3 is 14.8 Å². The fourth-order valence-electron chi connectivity index (χ4n) is 2.53. The SMILES string of the molecule is Cc1ccc(NC(=O)c2cn(-c3ccc4c(c3)OCCO4)nn2)cc1Cl. The van der Waals surface area contributed by atoms with Crippen molar-refractivity contribution in [3.63, 3.8) is 0 Å². The Hall–Kier alpha value is -3.06. The number of rotatable bonds is 3. The number of aryl methyl sites for hydroxylation is 1. The van der Waals surface area contributed by atoms with Gasteiger partial charge in [-0.15, -0.1) is 5.10 Å². The Morgan fingerprint density at radius 2 is 1.96 bits per heavy atom. The number of nitrogens with zero attached hydrogens (tertiary/aromatic N) is 3. The largest absolute Gasteiger partial charge is 0.486 e. The first-order chi connectivity index (χ1) is 12.6. The second kappa shape index (κ2) is 6.68. The van der Waals surface area contributed by atoms with Crippen LogP contribution in [0, 0.1) is 6.92 Å². The topological polar surface area (TPSA) is 78.3 Å². The van der Waals surface area contributed by atoms with E-state index in [4.69, 9.17) is 21.1 Å². The molecular formula is C18H15ClN4O3. The molecule has 7 nitrogen and oxygen atoms in total. The molecule has 0 saturated carbocycles. The number of anilines is 1. The van der Waals surface area contributed by atoms with Crippen LogP contribution in [0.3, 0.4) is 0 Å². The number of carbonyl (C=O) groups is 1. The summed E-state index contributed by atoms with van der Waals surface area (Å²) >= 11 is 6.08. The lowest BCUT2D eigenvalue weighted by Crippen LogP contribution is -2.15. The normalized spacial score (nSPS) is 12.7. The van der Waals surface area contributed by atoms with Crippen molar-refractivity contribution < 1.29 is 14.3 Å². The third-order valence-electron chi connectivity index (χ3n) is 3.95. The Balaban J connectivity index is 1.53. The van der Waals surface area contributed by atoms with Crippen LogP contribution in [0.2, 0.25) is 5.02 Å². The molecular weight excluding hydrogens is 356 g/mol. The number of aromatic nitrogens is 3. The molecule has 0 fully saturated rings. The Kier molecular flexibility index (Phi) is 4.22. The van der Waals surface area contributed by atoms with Crippen LogP contribution in [0.5, 0.6) is 11.5 Å². The molecule has 0 radical (unpaired) electrons. The predicted octanol–water partition coefficient (Wildman–Crippen LogP) is 3.25. The number of fused-ring (bicyclic) bond motifs is 1. The van der Waals surface area contributed by atoms with Gasteiger partial charge in [0.1, 0.15) is 13.2 Å². The molecule has 2 heterocycles. The first-order valence-electron chi connectivity index (χ1n) is 8.00. The van der Waals surface area contributed by atoms with Gasteiger partial charge in [0.2, 0.25) is 0 Å². The highest BCUT2D eigenvalue weighted by atomic mass is 35.5. The zero-order chi connectivity index (χ0) is 18.1. The van der Waals surface area contributed by atoms with Crippen molar-refractivity contribution in [2.75, 3.05) is 18.5 Å². The number of hydrogen-bond donors (Lipinski definition) is 1. The Morgan fingerprint density at radius 3 is 2.77 bits per heavy atom. The van der Waals surface area contributed by atoms with Crippen molar-refractivity contribution in [1.82, 2.24) is 15.0 Å². The van der Waals surface area contributed by atoms with Gasteiger partial charge in [0.25, 0.3) is 5.91 Å². The lowest BCUT2D eigenvalue weighted by atomic mass is 10.2. The third kappa shape index (κ3) is 3.21. The highest BCUT2D eigenvalue weighted by molar-refractivity contribution is 6.31. The van der Waals surface area contributed by atoms with Crippen molar-refractivity contribution in [3.8, 4) is 17.2 Å². The Morgan fingerprint density at radius 1 is 1.15 bits per heavy atom. The minimum Gasteiger partial charge on any atom is -0.486 e. The van der Waals surface area contributed by atoms with E-state index in [1.165, 1.54) is 4.68 Å². The van der Waals surface area contributed by atoms with Gasteiger partial charge in [0.15, 0.2) is 17.2 Å². The molecule has 0 atom stereocenters. The van der Waals surface area contributed by atoms with Crippen molar-refractivity contribution in [1.29, 1.82) is 0 Å². The van der Waals surface area contributed by atoms with Crippen molar-refractivity contribution >= 4 is 23.2 Å². The van der Waals surface area contributed by atoms with Gasteiger partial charge in [-0.25, -0.2) is 4.68 Å². The van der Waals surface area contributed by atoms with Gasteiger partial charge in [0.05, 0.1) is 11.9 Å². The minimum atomic E-state index is -0.367. The quantitative estimate of drug-likeness (QED) is 0.765. The maximum absolute atomic E-state index is 12.4. The van der Waals surface area contributed by atoms with E-state index in [9.17, 15) is 4.79 Å². The summed E-state index contributed by atoms with van der Waals surface area (Å²) in [7, 11) is 0. The fraction of sp³-hybridized carbons (Fsp3) is 0.167. The van der Waals surface area contributed by atoms with Crippen LogP contribution in [0.25, 0.3) is 5.69 Å². The Bertz CT molecular complexity index is 986. The molecule has 132 valence electrons. The zero-order valence-corrected chi connectivity index (χ0v) is 14.7. The first kappa shape index (κ1) is 16.4. The van der Waals surface area contributed by atoms with E-state index >= 15 is 0 Å². The van der Waals surface area contributed by atoms with Crippen LogP contribution in [0.15, 0.2) is 42.6 Å². The summed E-state index contributed by atoms with van der Waals surface area (Å²) in [6, 6.07) is 10.7.